The Morgan fingerprint density at radius 3 is 2.35 bits per heavy atom. The van der Waals surface area contributed by atoms with Crippen LogP contribution in [0.1, 0.15) is 50.7 Å². The Hall–Kier alpha value is -2.14. The largest absolute Gasteiger partial charge is 0.350 e. The summed E-state index contributed by atoms with van der Waals surface area (Å²) in [5.74, 6) is -0.134. The second kappa shape index (κ2) is 7.92. The van der Waals surface area contributed by atoms with E-state index in [1.165, 1.54) is 11.3 Å². The first-order chi connectivity index (χ1) is 11.0. The molecule has 23 heavy (non-hydrogen) atoms. The topological polar surface area (TPSA) is 58.2 Å². The van der Waals surface area contributed by atoms with Crippen LogP contribution in [-0.4, -0.2) is 17.9 Å². The summed E-state index contributed by atoms with van der Waals surface area (Å²) in [5, 5.41) is 5.82. The van der Waals surface area contributed by atoms with E-state index >= 15 is 0 Å². The predicted octanol–water partition coefficient (Wildman–Crippen LogP) is 3.51. The quantitative estimate of drug-likeness (QED) is 0.851. The van der Waals surface area contributed by atoms with E-state index in [0.717, 1.165) is 16.9 Å². The van der Waals surface area contributed by atoms with Crippen LogP contribution < -0.4 is 10.6 Å². The van der Waals surface area contributed by atoms with E-state index in [4.69, 9.17) is 0 Å². The molecule has 0 aliphatic heterocycles. The fraction of sp³-hybridized carbons (Fsp3) is 0.333. The molecule has 0 saturated carbocycles. The standard InChI is InChI=1S/C18H22N2O2S/c1-4-12(2)20-17(21)15-8-6-14(7-9-15)11-19-18(22)16-10-5-13(3)23-16/h5-10,12H,4,11H2,1-3H3,(H,19,22)(H,20,21). The first-order valence-electron chi connectivity index (χ1n) is 7.74. The van der Waals surface area contributed by atoms with Crippen molar-refractivity contribution in [3.8, 4) is 0 Å². The second-order valence-electron chi connectivity index (χ2n) is 5.57. The molecule has 2 amide bonds. The molecule has 1 atom stereocenters. The van der Waals surface area contributed by atoms with Gasteiger partial charge < -0.3 is 10.6 Å². The van der Waals surface area contributed by atoms with Gasteiger partial charge in [-0.15, -0.1) is 11.3 Å². The summed E-state index contributed by atoms with van der Waals surface area (Å²) in [5.41, 5.74) is 1.60. The lowest BCUT2D eigenvalue weighted by molar-refractivity contribution is 0.0935. The van der Waals surface area contributed by atoms with Crippen molar-refractivity contribution < 1.29 is 9.59 Å². The van der Waals surface area contributed by atoms with Crippen LogP contribution in [-0.2, 0) is 6.54 Å². The molecule has 1 heterocycles. The van der Waals surface area contributed by atoms with E-state index in [1.54, 1.807) is 12.1 Å². The summed E-state index contributed by atoms with van der Waals surface area (Å²) in [6.07, 6.45) is 0.901. The molecule has 2 aromatic rings. The van der Waals surface area contributed by atoms with Crippen molar-refractivity contribution in [3.05, 3.63) is 57.3 Å². The number of rotatable bonds is 6. The Labute approximate surface area is 140 Å². The van der Waals surface area contributed by atoms with E-state index in [2.05, 4.69) is 10.6 Å². The third kappa shape index (κ3) is 4.93. The Bertz CT molecular complexity index is 677. The molecule has 0 saturated heterocycles. The minimum absolute atomic E-state index is 0.0657. The van der Waals surface area contributed by atoms with Gasteiger partial charge in [0.25, 0.3) is 11.8 Å². The highest BCUT2D eigenvalue weighted by atomic mass is 32.1. The Balaban J connectivity index is 1.90. The molecule has 0 aliphatic carbocycles. The monoisotopic (exact) mass is 330 g/mol. The number of nitrogens with one attached hydrogen (secondary N) is 2. The molecule has 0 radical (unpaired) electrons. The molecule has 4 nitrogen and oxygen atoms in total. The molecule has 0 aliphatic rings. The van der Waals surface area contributed by atoms with Crippen LogP contribution in [0.3, 0.4) is 0 Å². The van der Waals surface area contributed by atoms with Gasteiger partial charge >= 0.3 is 0 Å². The first-order valence-corrected chi connectivity index (χ1v) is 8.55. The van der Waals surface area contributed by atoms with Crippen molar-refractivity contribution in [2.75, 3.05) is 0 Å². The van der Waals surface area contributed by atoms with Gasteiger partial charge in [-0.1, -0.05) is 19.1 Å². The SMILES string of the molecule is CCC(C)NC(=O)c1ccc(CNC(=O)c2ccc(C)s2)cc1. The maximum absolute atomic E-state index is 12.0. The minimum atomic E-state index is -0.0679. The summed E-state index contributed by atoms with van der Waals surface area (Å²) in [7, 11) is 0. The van der Waals surface area contributed by atoms with Crippen LogP contribution in [0.15, 0.2) is 36.4 Å². The molecule has 1 aromatic heterocycles. The van der Waals surface area contributed by atoms with Crippen molar-refractivity contribution in [1.82, 2.24) is 10.6 Å². The minimum Gasteiger partial charge on any atom is -0.350 e. The molecule has 1 aromatic carbocycles. The summed E-state index contributed by atoms with van der Waals surface area (Å²) < 4.78 is 0. The van der Waals surface area contributed by atoms with Gasteiger partial charge in [0, 0.05) is 23.0 Å². The van der Waals surface area contributed by atoms with Crippen LogP contribution >= 0.6 is 11.3 Å². The number of hydrogen-bond acceptors (Lipinski definition) is 3. The highest BCUT2D eigenvalue weighted by molar-refractivity contribution is 7.13. The fourth-order valence-electron chi connectivity index (χ4n) is 2.01. The Morgan fingerprint density at radius 1 is 1.09 bits per heavy atom. The number of benzene rings is 1. The lowest BCUT2D eigenvalue weighted by Gasteiger charge is -2.11. The number of hydrogen-bond donors (Lipinski definition) is 2. The van der Waals surface area contributed by atoms with Crippen LogP contribution in [0.4, 0.5) is 0 Å². The highest BCUT2D eigenvalue weighted by Gasteiger charge is 2.09. The first kappa shape index (κ1) is 17.2. The normalized spacial score (nSPS) is 11.8. The molecular weight excluding hydrogens is 308 g/mol. The summed E-state index contributed by atoms with van der Waals surface area (Å²) in [6, 6.07) is 11.2. The van der Waals surface area contributed by atoms with Gasteiger partial charge in [-0.25, -0.2) is 0 Å². The van der Waals surface area contributed by atoms with Crippen molar-refractivity contribution >= 4 is 23.2 Å². The average Bonchev–Trinajstić information content (AvgIpc) is 2.99. The van der Waals surface area contributed by atoms with Gasteiger partial charge in [-0.3, -0.25) is 9.59 Å². The molecule has 0 bridgehead atoms. The van der Waals surface area contributed by atoms with Gasteiger partial charge in [-0.2, -0.15) is 0 Å². The number of thiophene rings is 1. The fourth-order valence-corrected chi connectivity index (χ4v) is 2.79. The zero-order valence-electron chi connectivity index (χ0n) is 13.7. The molecule has 5 heteroatoms. The van der Waals surface area contributed by atoms with Crippen LogP contribution in [0.25, 0.3) is 0 Å². The molecule has 122 valence electrons. The number of aryl methyl sites for hydroxylation is 1. The zero-order chi connectivity index (χ0) is 16.8. The number of amides is 2. The summed E-state index contributed by atoms with van der Waals surface area (Å²) in [4.78, 5) is 25.8. The Kier molecular flexibility index (Phi) is 5.93. The van der Waals surface area contributed by atoms with Crippen molar-refractivity contribution in [1.29, 1.82) is 0 Å². The van der Waals surface area contributed by atoms with E-state index < -0.39 is 0 Å². The number of carbonyl (C=O) groups is 2. The second-order valence-corrected chi connectivity index (χ2v) is 6.86. The molecule has 1 unspecified atom stereocenters. The maximum Gasteiger partial charge on any atom is 0.261 e. The van der Waals surface area contributed by atoms with E-state index in [0.29, 0.717) is 17.0 Å². The zero-order valence-corrected chi connectivity index (χ0v) is 14.5. The molecule has 2 rings (SSSR count). The van der Waals surface area contributed by atoms with E-state index in [-0.39, 0.29) is 17.9 Å². The van der Waals surface area contributed by atoms with Crippen LogP contribution in [0.2, 0.25) is 0 Å². The van der Waals surface area contributed by atoms with Gasteiger partial charge in [0.05, 0.1) is 4.88 Å². The molecule has 0 spiro atoms. The van der Waals surface area contributed by atoms with E-state index in [9.17, 15) is 9.59 Å². The average molecular weight is 330 g/mol. The maximum atomic E-state index is 12.0. The third-order valence-electron chi connectivity index (χ3n) is 3.62. The third-order valence-corrected chi connectivity index (χ3v) is 4.62. The van der Waals surface area contributed by atoms with Crippen molar-refractivity contribution in [3.63, 3.8) is 0 Å². The van der Waals surface area contributed by atoms with Gasteiger partial charge in [0.1, 0.15) is 0 Å². The lowest BCUT2D eigenvalue weighted by atomic mass is 10.1. The Morgan fingerprint density at radius 2 is 1.78 bits per heavy atom. The lowest BCUT2D eigenvalue weighted by Crippen LogP contribution is -2.31. The van der Waals surface area contributed by atoms with Gasteiger partial charge in [0.2, 0.25) is 0 Å². The summed E-state index contributed by atoms with van der Waals surface area (Å²) >= 11 is 1.48. The number of carbonyl (C=O) groups excluding carboxylic acids is 2. The van der Waals surface area contributed by atoms with Crippen molar-refractivity contribution in [2.45, 2.75) is 39.8 Å². The van der Waals surface area contributed by atoms with E-state index in [1.807, 2.05) is 45.0 Å². The van der Waals surface area contributed by atoms with Crippen LogP contribution in [0, 0.1) is 6.92 Å². The smallest absolute Gasteiger partial charge is 0.261 e. The summed E-state index contributed by atoms with van der Waals surface area (Å²) in [6.45, 7) is 6.44. The van der Waals surface area contributed by atoms with Gasteiger partial charge in [-0.05, 0) is 50.1 Å². The predicted molar refractivity (Wildman–Crippen MR) is 93.9 cm³/mol. The molecule has 2 N–H and O–H groups in total. The molecule has 0 fully saturated rings. The van der Waals surface area contributed by atoms with Crippen molar-refractivity contribution in [2.24, 2.45) is 0 Å². The van der Waals surface area contributed by atoms with Crippen LogP contribution in [0.5, 0.6) is 0 Å². The molecular formula is C18H22N2O2S. The highest BCUT2D eigenvalue weighted by Crippen LogP contribution is 2.15. The van der Waals surface area contributed by atoms with Gasteiger partial charge in [0.15, 0.2) is 0 Å².